The molecule has 0 saturated carbocycles. The molecule has 0 spiro atoms. The second-order valence-electron chi connectivity index (χ2n) is 8.46. The predicted octanol–water partition coefficient (Wildman–Crippen LogP) is -0.483. The lowest BCUT2D eigenvalue weighted by atomic mass is 10.0. The van der Waals surface area contributed by atoms with E-state index in [0.717, 1.165) is 18.7 Å². The Morgan fingerprint density at radius 1 is 1.19 bits per heavy atom. The van der Waals surface area contributed by atoms with Gasteiger partial charge in [0.05, 0.1) is 38.5 Å². The largest absolute Gasteiger partial charge is 0.392 e. The lowest BCUT2D eigenvalue weighted by molar-refractivity contribution is -0.130. The van der Waals surface area contributed by atoms with E-state index in [1.807, 2.05) is 30.3 Å². The number of hydrogen-bond donors (Lipinski definition) is 3. The molecule has 4 unspecified atom stereocenters. The smallest absolute Gasteiger partial charge is 0.239 e. The van der Waals surface area contributed by atoms with Crippen LogP contribution >= 0.6 is 0 Å². The van der Waals surface area contributed by atoms with Gasteiger partial charge in [0.15, 0.2) is 5.78 Å². The summed E-state index contributed by atoms with van der Waals surface area (Å²) in [5, 5.41) is 15.6. The number of ether oxygens (including phenoxy) is 2. The van der Waals surface area contributed by atoms with E-state index in [9.17, 15) is 19.5 Å². The third-order valence-electron chi connectivity index (χ3n) is 5.68. The zero-order chi connectivity index (χ0) is 22.9. The molecule has 3 rings (SSSR count). The van der Waals surface area contributed by atoms with E-state index in [1.165, 1.54) is 0 Å². The summed E-state index contributed by atoms with van der Waals surface area (Å²) in [4.78, 5) is 39.4. The van der Waals surface area contributed by atoms with Gasteiger partial charge in [0.25, 0.3) is 0 Å². The van der Waals surface area contributed by atoms with Crippen LogP contribution in [-0.2, 0) is 30.3 Å². The normalized spacial score (nSPS) is 21.2. The standard InChI is InChI=1S/C23H33N3O6/c1-16(11-18(27)14-26-7-9-31-10-8-26)23(30)24-13-21(28)25-19(22(29)20-15-32-20)12-17-5-3-2-4-6-17/h2-6,16,18-20,27H,7-15H2,1H3,(H,24,30)(H,25,28). The summed E-state index contributed by atoms with van der Waals surface area (Å²) >= 11 is 0. The zero-order valence-electron chi connectivity index (χ0n) is 18.5. The third-order valence-corrected chi connectivity index (χ3v) is 5.68. The number of ketones is 1. The third kappa shape index (κ3) is 7.98. The Kier molecular flexibility index (Phi) is 9.16. The minimum Gasteiger partial charge on any atom is -0.392 e. The lowest BCUT2D eigenvalue weighted by Crippen LogP contribution is -2.48. The molecule has 0 aliphatic carbocycles. The van der Waals surface area contributed by atoms with E-state index in [4.69, 9.17) is 9.47 Å². The van der Waals surface area contributed by atoms with Gasteiger partial charge < -0.3 is 25.2 Å². The van der Waals surface area contributed by atoms with Crippen LogP contribution < -0.4 is 10.6 Å². The molecule has 2 heterocycles. The number of nitrogens with one attached hydrogen (secondary N) is 2. The van der Waals surface area contributed by atoms with Crippen molar-refractivity contribution in [3.05, 3.63) is 35.9 Å². The molecule has 4 atom stereocenters. The van der Waals surface area contributed by atoms with E-state index >= 15 is 0 Å². The Morgan fingerprint density at radius 3 is 2.53 bits per heavy atom. The molecule has 9 nitrogen and oxygen atoms in total. The van der Waals surface area contributed by atoms with Gasteiger partial charge in [-0.25, -0.2) is 0 Å². The Hall–Kier alpha value is -2.33. The number of Topliss-reactive ketones (excluding diaryl/α,β-unsaturated/α-hetero) is 1. The van der Waals surface area contributed by atoms with E-state index in [0.29, 0.717) is 39.2 Å². The molecule has 2 aliphatic heterocycles. The van der Waals surface area contributed by atoms with Crippen molar-refractivity contribution in [2.24, 2.45) is 5.92 Å². The highest BCUT2D eigenvalue weighted by Crippen LogP contribution is 2.15. The van der Waals surface area contributed by atoms with Crippen molar-refractivity contribution in [3.8, 4) is 0 Å². The summed E-state index contributed by atoms with van der Waals surface area (Å²) in [5.41, 5.74) is 0.929. The number of carbonyl (C=O) groups is 3. The topological polar surface area (TPSA) is 120 Å². The summed E-state index contributed by atoms with van der Waals surface area (Å²) in [5.74, 6) is -1.35. The number of rotatable bonds is 12. The average Bonchev–Trinajstić information content (AvgIpc) is 3.63. The molecule has 1 aromatic carbocycles. The number of aliphatic hydroxyl groups is 1. The number of β-amino-alcohol motifs (C(OH)–C–C–N with tert-alkyl or cyclic N) is 1. The fourth-order valence-electron chi connectivity index (χ4n) is 3.77. The van der Waals surface area contributed by atoms with Crippen LogP contribution in [0.3, 0.4) is 0 Å². The molecule has 0 bridgehead atoms. The van der Waals surface area contributed by atoms with E-state index in [2.05, 4.69) is 15.5 Å². The van der Waals surface area contributed by atoms with E-state index in [1.54, 1.807) is 6.92 Å². The molecule has 1 aromatic rings. The van der Waals surface area contributed by atoms with Gasteiger partial charge in [-0.3, -0.25) is 19.3 Å². The lowest BCUT2D eigenvalue weighted by Gasteiger charge is -2.29. The SMILES string of the molecule is CC(CC(O)CN1CCOCC1)C(=O)NCC(=O)NC(Cc1ccccc1)C(=O)C1CO1. The summed E-state index contributed by atoms with van der Waals surface area (Å²) in [6, 6.07) is 8.72. The molecule has 9 heteroatoms. The summed E-state index contributed by atoms with van der Waals surface area (Å²) < 4.78 is 10.4. The van der Waals surface area contributed by atoms with Crippen LogP contribution in [0.15, 0.2) is 30.3 Å². The van der Waals surface area contributed by atoms with Crippen molar-refractivity contribution in [1.29, 1.82) is 0 Å². The molecule has 2 amide bonds. The van der Waals surface area contributed by atoms with Crippen LogP contribution in [0.4, 0.5) is 0 Å². The van der Waals surface area contributed by atoms with Crippen molar-refractivity contribution in [2.45, 2.75) is 38.0 Å². The maximum absolute atomic E-state index is 12.5. The van der Waals surface area contributed by atoms with Gasteiger partial charge in [-0.2, -0.15) is 0 Å². The van der Waals surface area contributed by atoms with Gasteiger partial charge in [-0.1, -0.05) is 37.3 Å². The zero-order valence-corrected chi connectivity index (χ0v) is 18.5. The van der Waals surface area contributed by atoms with Gasteiger partial charge in [0.2, 0.25) is 11.8 Å². The van der Waals surface area contributed by atoms with E-state index < -0.39 is 30.1 Å². The van der Waals surface area contributed by atoms with Crippen LogP contribution in [0.1, 0.15) is 18.9 Å². The summed E-state index contributed by atoms with van der Waals surface area (Å²) in [7, 11) is 0. The Bertz CT molecular complexity index is 764. The van der Waals surface area contributed by atoms with Crippen LogP contribution in [-0.4, -0.2) is 91.9 Å². The van der Waals surface area contributed by atoms with Crippen LogP contribution in [0, 0.1) is 5.92 Å². The summed E-state index contributed by atoms with van der Waals surface area (Å²) in [6.45, 7) is 5.21. The first-order valence-corrected chi connectivity index (χ1v) is 11.2. The maximum atomic E-state index is 12.5. The van der Waals surface area contributed by atoms with Crippen molar-refractivity contribution in [3.63, 3.8) is 0 Å². The van der Waals surface area contributed by atoms with E-state index in [-0.39, 0.29) is 18.2 Å². The van der Waals surface area contributed by atoms with Crippen molar-refractivity contribution >= 4 is 17.6 Å². The number of benzene rings is 1. The first-order valence-electron chi connectivity index (χ1n) is 11.2. The van der Waals surface area contributed by atoms with Gasteiger partial charge in [-0.15, -0.1) is 0 Å². The van der Waals surface area contributed by atoms with Gasteiger partial charge in [-0.05, 0) is 18.4 Å². The number of hydrogen-bond acceptors (Lipinski definition) is 7. The second-order valence-corrected chi connectivity index (χ2v) is 8.46. The Labute approximate surface area is 188 Å². The number of morpholine rings is 1. The van der Waals surface area contributed by atoms with Gasteiger partial charge in [0.1, 0.15) is 6.10 Å². The minimum absolute atomic E-state index is 0.159. The van der Waals surface area contributed by atoms with Gasteiger partial charge >= 0.3 is 0 Å². The molecule has 0 radical (unpaired) electrons. The van der Waals surface area contributed by atoms with Crippen LogP contribution in [0.2, 0.25) is 0 Å². The quantitative estimate of drug-likeness (QED) is 0.370. The van der Waals surface area contributed by atoms with Crippen molar-refractivity contribution in [1.82, 2.24) is 15.5 Å². The Balaban J connectivity index is 1.42. The molecule has 2 aliphatic rings. The first-order chi connectivity index (χ1) is 15.4. The molecule has 2 saturated heterocycles. The monoisotopic (exact) mass is 447 g/mol. The molecular formula is C23H33N3O6. The molecule has 0 aromatic heterocycles. The maximum Gasteiger partial charge on any atom is 0.239 e. The fourth-order valence-corrected chi connectivity index (χ4v) is 3.77. The number of aliphatic hydroxyl groups excluding tert-OH is 1. The summed E-state index contributed by atoms with van der Waals surface area (Å²) in [6.07, 6.45) is -0.428. The molecule has 2 fully saturated rings. The average molecular weight is 448 g/mol. The van der Waals surface area contributed by atoms with Crippen molar-refractivity contribution < 1.29 is 29.0 Å². The highest BCUT2D eigenvalue weighted by atomic mass is 16.6. The molecule has 3 N–H and O–H groups in total. The number of carbonyl (C=O) groups excluding carboxylic acids is 3. The molecule has 176 valence electrons. The highest BCUT2D eigenvalue weighted by molar-refractivity contribution is 5.94. The van der Waals surface area contributed by atoms with Gasteiger partial charge in [0, 0.05) is 25.6 Å². The predicted molar refractivity (Wildman–Crippen MR) is 117 cm³/mol. The Morgan fingerprint density at radius 2 is 1.88 bits per heavy atom. The molecule has 32 heavy (non-hydrogen) atoms. The number of amides is 2. The fraction of sp³-hybridized carbons (Fsp3) is 0.609. The van der Waals surface area contributed by atoms with Crippen molar-refractivity contribution in [2.75, 3.05) is 46.0 Å². The highest BCUT2D eigenvalue weighted by Gasteiger charge is 2.37. The number of epoxide rings is 1. The number of nitrogens with zero attached hydrogens (tertiary/aromatic N) is 1. The van der Waals surface area contributed by atoms with Crippen LogP contribution in [0.25, 0.3) is 0 Å². The minimum atomic E-state index is -0.706. The molecular weight excluding hydrogens is 414 g/mol. The van der Waals surface area contributed by atoms with Crippen LogP contribution in [0.5, 0.6) is 0 Å². The second kappa shape index (κ2) is 12.1. The first kappa shape index (κ1) is 24.3.